The Hall–Kier alpha value is -3.55. The fourth-order valence-corrected chi connectivity index (χ4v) is 4.81. The lowest BCUT2D eigenvalue weighted by molar-refractivity contribution is -0.123. The number of carboxylic acids is 1. The number of hydrogen-bond donors (Lipinski definition) is 5. The molecule has 1 aliphatic heterocycles. The van der Waals surface area contributed by atoms with E-state index in [0.29, 0.717) is 48.3 Å². The van der Waals surface area contributed by atoms with E-state index >= 15 is 0 Å². The van der Waals surface area contributed by atoms with Gasteiger partial charge in [-0.3, -0.25) is 9.59 Å². The van der Waals surface area contributed by atoms with Gasteiger partial charge in [0, 0.05) is 24.7 Å². The molecule has 0 radical (unpaired) electrons. The highest BCUT2D eigenvalue weighted by atomic mass is 32.1. The summed E-state index contributed by atoms with van der Waals surface area (Å²) in [4.78, 5) is 46.5. The van der Waals surface area contributed by atoms with Crippen LogP contribution in [0.5, 0.6) is 0 Å². The average Bonchev–Trinajstić information content (AvgIpc) is 3.45. The number of primary amides is 1. The van der Waals surface area contributed by atoms with Crippen molar-refractivity contribution < 1.29 is 19.5 Å². The molecule has 33 heavy (non-hydrogen) atoms. The second-order valence-corrected chi connectivity index (χ2v) is 9.24. The van der Waals surface area contributed by atoms with Crippen molar-refractivity contribution >= 4 is 62.8 Å². The van der Waals surface area contributed by atoms with Crippen molar-refractivity contribution in [3.05, 3.63) is 45.7 Å². The van der Waals surface area contributed by atoms with Gasteiger partial charge in [-0.1, -0.05) is 0 Å². The zero-order valence-electron chi connectivity index (χ0n) is 17.3. The Balaban J connectivity index is 1.45. The van der Waals surface area contributed by atoms with Crippen LogP contribution in [0.3, 0.4) is 0 Å². The Bertz CT molecular complexity index is 1200. The van der Waals surface area contributed by atoms with Crippen LogP contribution in [-0.2, 0) is 4.79 Å². The Kier molecular flexibility index (Phi) is 6.26. The minimum atomic E-state index is -1.04. The van der Waals surface area contributed by atoms with E-state index in [1.165, 1.54) is 11.3 Å². The van der Waals surface area contributed by atoms with E-state index in [1.54, 1.807) is 35.2 Å². The molecule has 13 heteroatoms. The minimum absolute atomic E-state index is 0.163. The number of aromatic carboxylic acids is 1. The van der Waals surface area contributed by atoms with E-state index in [9.17, 15) is 19.5 Å². The normalized spacial score (nSPS) is 15.1. The lowest BCUT2D eigenvalue weighted by atomic mass is 9.88. The van der Waals surface area contributed by atoms with Crippen LogP contribution in [-0.4, -0.2) is 51.5 Å². The first-order valence-corrected chi connectivity index (χ1v) is 11.7. The molecular formula is C20H21N7O4S2. The quantitative estimate of drug-likeness (QED) is 0.334. The number of carboxylic acid groups (broad SMARTS) is 1. The molecule has 0 spiro atoms. The van der Waals surface area contributed by atoms with Crippen LogP contribution >= 0.6 is 22.7 Å². The van der Waals surface area contributed by atoms with Crippen molar-refractivity contribution in [3.8, 4) is 0 Å². The van der Waals surface area contributed by atoms with Crippen molar-refractivity contribution in [1.82, 2.24) is 9.97 Å². The Morgan fingerprint density at radius 2 is 1.91 bits per heavy atom. The smallest absolute Gasteiger partial charge is 0.348 e. The molecule has 4 heterocycles. The number of pyridine rings is 1. The highest BCUT2D eigenvalue weighted by Gasteiger charge is 2.36. The van der Waals surface area contributed by atoms with Gasteiger partial charge in [0.05, 0.1) is 16.9 Å². The van der Waals surface area contributed by atoms with Crippen LogP contribution in [0.15, 0.2) is 35.2 Å². The molecule has 0 bridgehead atoms. The number of thiazole rings is 1. The molecule has 172 valence electrons. The first-order chi connectivity index (χ1) is 15.8. The van der Waals surface area contributed by atoms with Crippen molar-refractivity contribution in [1.29, 1.82) is 0 Å². The first kappa shape index (κ1) is 22.6. The molecule has 11 nitrogen and oxygen atoms in total. The molecule has 4 rings (SSSR count). The monoisotopic (exact) mass is 487 g/mol. The van der Waals surface area contributed by atoms with Crippen molar-refractivity contribution in [3.63, 3.8) is 0 Å². The van der Waals surface area contributed by atoms with Crippen LogP contribution in [0.1, 0.15) is 33.0 Å². The number of hydrogen-bond acceptors (Lipinski definition) is 10. The Morgan fingerprint density at radius 3 is 2.61 bits per heavy atom. The van der Waals surface area contributed by atoms with Gasteiger partial charge in [0.1, 0.15) is 10.6 Å². The lowest BCUT2D eigenvalue weighted by Gasteiger charge is -2.38. The number of amides is 2. The Labute approximate surface area is 196 Å². The van der Waals surface area contributed by atoms with Gasteiger partial charge >= 0.3 is 5.97 Å². The van der Waals surface area contributed by atoms with Gasteiger partial charge in [-0.05, 0) is 36.4 Å². The maximum absolute atomic E-state index is 12.8. The molecule has 3 aromatic heterocycles. The number of carbonyl (C=O) groups excluding carboxylic acids is 2. The minimum Gasteiger partial charge on any atom is -0.477 e. The summed E-state index contributed by atoms with van der Waals surface area (Å²) in [5.41, 5.74) is 11.6. The number of nitrogens with two attached hydrogens (primary N) is 2. The summed E-state index contributed by atoms with van der Waals surface area (Å²) in [5, 5.41) is 18.6. The van der Waals surface area contributed by atoms with Gasteiger partial charge in [0.15, 0.2) is 10.9 Å². The van der Waals surface area contributed by atoms with E-state index in [2.05, 4.69) is 20.6 Å². The van der Waals surface area contributed by atoms with E-state index in [4.69, 9.17) is 11.5 Å². The zero-order chi connectivity index (χ0) is 23.6. The summed E-state index contributed by atoms with van der Waals surface area (Å²) in [6.45, 7) is 0.938. The summed E-state index contributed by atoms with van der Waals surface area (Å²) in [6, 6.07) is 5.08. The molecule has 2 amide bonds. The van der Waals surface area contributed by atoms with Gasteiger partial charge in [-0.2, -0.15) is 0 Å². The molecule has 0 atom stereocenters. The molecule has 0 unspecified atom stereocenters. The molecule has 3 aromatic rings. The molecule has 1 aliphatic rings. The van der Waals surface area contributed by atoms with Gasteiger partial charge in [0.2, 0.25) is 5.91 Å². The van der Waals surface area contributed by atoms with Crippen molar-refractivity contribution in [2.24, 2.45) is 11.5 Å². The van der Waals surface area contributed by atoms with Crippen molar-refractivity contribution in [2.45, 2.75) is 18.4 Å². The van der Waals surface area contributed by atoms with Gasteiger partial charge in [-0.15, -0.1) is 22.7 Å². The van der Waals surface area contributed by atoms with Crippen LogP contribution < -0.4 is 27.0 Å². The van der Waals surface area contributed by atoms with Gasteiger partial charge in [-0.25, -0.2) is 14.8 Å². The van der Waals surface area contributed by atoms with E-state index in [0.717, 1.165) is 11.3 Å². The number of nitrogens with one attached hydrogen (secondary N) is 2. The first-order valence-electron chi connectivity index (χ1n) is 9.90. The predicted molar refractivity (Wildman–Crippen MR) is 126 cm³/mol. The number of aromatic nitrogens is 2. The molecular weight excluding hydrogens is 466 g/mol. The van der Waals surface area contributed by atoms with E-state index < -0.39 is 23.3 Å². The van der Waals surface area contributed by atoms with Crippen LogP contribution in [0.2, 0.25) is 0 Å². The molecule has 1 saturated heterocycles. The van der Waals surface area contributed by atoms with Gasteiger partial charge < -0.3 is 32.1 Å². The number of anilines is 4. The predicted octanol–water partition coefficient (Wildman–Crippen LogP) is 2.08. The summed E-state index contributed by atoms with van der Waals surface area (Å²) in [7, 11) is 0. The van der Waals surface area contributed by atoms with E-state index in [-0.39, 0.29) is 10.6 Å². The summed E-state index contributed by atoms with van der Waals surface area (Å²) < 4.78 is 0. The molecule has 1 fully saturated rings. The van der Waals surface area contributed by atoms with Crippen LogP contribution in [0, 0.1) is 0 Å². The third-order valence-corrected chi connectivity index (χ3v) is 6.98. The van der Waals surface area contributed by atoms with Crippen molar-refractivity contribution in [2.75, 3.05) is 28.6 Å². The Morgan fingerprint density at radius 1 is 1.15 bits per heavy atom. The number of rotatable bonds is 7. The third kappa shape index (κ3) is 4.79. The van der Waals surface area contributed by atoms with E-state index in [1.807, 2.05) is 4.90 Å². The fraction of sp³-hybridized carbons (Fsp3) is 0.250. The SMILES string of the molecule is NC(=O)C1(N)CCN(c2ncccc2NC(=O)c2csc(Nc3ccsc3C(=O)O)n2)CC1. The standard InChI is InChI=1S/C20H21N7O4S2/c21-18(31)20(22)4-7-27(8-5-20)15-12(2-1-6-23-15)24-16(28)13-10-33-19(26-13)25-11-3-9-32-14(11)17(29)30/h1-3,6,9-10H,4-5,7-8,22H2,(H2,21,31)(H,24,28)(H,25,26)(H,29,30). The molecule has 0 aliphatic carbocycles. The van der Waals surface area contributed by atoms with Crippen LogP contribution in [0.4, 0.5) is 22.3 Å². The number of thiophene rings is 1. The second kappa shape index (κ2) is 9.13. The number of carbonyl (C=O) groups is 3. The molecule has 7 N–H and O–H groups in total. The number of nitrogens with zero attached hydrogens (tertiary/aromatic N) is 3. The maximum atomic E-state index is 12.8. The number of piperidine rings is 1. The molecule has 0 saturated carbocycles. The lowest BCUT2D eigenvalue weighted by Crippen LogP contribution is -2.58. The largest absolute Gasteiger partial charge is 0.477 e. The van der Waals surface area contributed by atoms with Gasteiger partial charge in [0.25, 0.3) is 5.91 Å². The second-order valence-electron chi connectivity index (χ2n) is 7.47. The van der Waals surface area contributed by atoms with Crippen LogP contribution in [0.25, 0.3) is 0 Å². The third-order valence-electron chi connectivity index (χ3n) is 5.32. The highest BCUT2D eigenvalue weighted by molar-refractivity contribution is 7.14. The highest BCUT2D eigenvalue weighted by Crippen LogP contribution is 2.30. The average molecular weight is 488 g/mol. The fourth-order valence-electron chi connectivity index (χ4n) is 3.42. The molecule has 0 aromatic carbocycles. The maximum Gasteiger partial charge on any atom is 0.348 e. The topological polar surface area (TPSA) is 177 Å². The summed E-state index contributed by atoms with van der Waals surface area (Å²) in [6.07, 6.45) is 2.39. The summed E-state index contributed by atoms with van der Waals surface area (Å²) in [5.74, 6) is -1.43. The zero-order valence-corrected chi connectivity index (χ0v) is 18.9. The summed E-state index contributed by atoms with van der Waals surface area (Å²) >= 11 is 2.29.